The molecule has 0 aliphatic rings. The van der Waals surface area contributed by atoms with Gasteiger partial charge in [-0.15, -0.1) is 0 Å². The van der Waals surface area contributed by atoms with Gasteiger partial charge in [-0.3, -0.25) is 9.59 Å². The number of aryl methyl sites for hydroxylation is 2. The molecule has 0 unspecified atom stereocenters. The lowest BCUT2D eigenvalue weighted by atomic mass is 10.1. The SMILES string of the molecule is Cc1nc2ncnn2c(C)c1CCC(=O)NCCNC(=O)c1ccccc1Cl. The summed E-state index contributed by atoms with van der Waals surface area (Å²) in [4.78, 5) is 32.7. The van der Waals surface area contributed by atoms with Crippen LogP contribution in [0.25, 0.3) is 5.78 Å². The summed E-state index contributed by atoms with van der Waals surface area (Å²) in [5, 5.41) is 10.1. The van der Waals surface area contributed by atoms with Crippen LogP contribution in [-0.2, 0) is 11.2 Å². The molecule has 146 valence electrons. The maximum Gasteiger partial charge on any atom is 0.252 e. The van der Waals surface area contributed by atoms with Crippen molar-refractivity contribution in [2.24, 2.45) is 0 Å². The van der Waals surface area contributed by atoms with Crippen LogP contribution in [0.4, 0.5) is 0 Å². The van der Waals surface area contributed by atoms with Crippen LogP contribution >= 0.6 is 11.6 Å². The normalized spacial score (nSPS) is 10.8. The lowest BCUT2D eigenvalue weighted by Crippen LogP contribution is -2.34. The van der Waals surface area contributed by atoms with Crippen molar-refractivity contribution in [2.75, 3.05) is 13.1 Å². The number of hydrogen-bond acceptors (Lipinski definition) is 5. The summed E-state index contributed by atoms with van der Waals surface area (Å²) < 4.78 is 1.67. The highest BCUT2D eigenvalue weighted by Gasteiger charge is 2.13. The van der Waals surface area contributed by atoms with Crippen LogP contribution in [0.3, 0.4) is 0 Å². The molecule has 3 rings (SSSR count). The Morgan fingerprint density at radius 1 is 1.14 bits per heavy atom. The Bertz CT molecular complexity index is 1020. The van der Waals surface area contributed by atoms with Crippen molar-refractivity contribution in [1.29, 1.82) is 0 Å². The fourth-order valence-corrected chi connectivity index (χ4v) is 3.18. The third kappa shape index (κ3) is 4.45. The third-order valence-electron chi connectivity index (χ3n) is 4.44. The largest absolute Gasteiger partial charge is 0.354 e. The summed E-state index contributed by atoms with van der Waals surface area (Å²) in [5.41, 5.74) is 3.18. The van der Waals surface area contributed by atoms with Gasteiger partial charge in [0.2, 0.25) is 5.91 Å². The van der Waals surface area contributed by atoms with Gasteiger partial charge in [-0.2, -0.15) is 10.1 Å². The molecular weight excluding hydrogens is 380 g/mol. The highest BCUT2D eigenvalue weighted by molar-refractivity contribution is 6.33. The monoisotopic (exact) mass is 400 g/mol. The van der Waals surface area contributed by atoms with E-state index in [0.29, 0.717) is 42.3 Å². The lowest BCUT2D eigenvalue weighted by Gasteiger charge is -2.11. The molecule has 0 aliphatic heterocycles. The molecule has 0 fully saturated rings. The van der Waals surface area contributed by atoms with Crippen LogP contribution in [0.1, 0.15) is 33.7 Å². The zero-order valence-corrected chi connectivity index (χ0v) is 16.5. The number of halogens is 1. The standard InChI is InChI=1S/C19H21ClN6O2/c1-12-14(13(2)26-19(25-12)23-11-24-26)7-8-17(27)21-9-10-22-18(28)15-5-3-4-6-16(15)20/h3-6,11H,7-10H2,1-2H3,(H,21,27)(H,22,28). The van der Waals surface area contributed by atoms with E-state index in [0.717, 1.165) is 17.0 Å². The number of carbonyl (C=O) groups is 2. The van der Waals surface area contributed by atoms with Gasteiger partial charge >= 0.3 is 0 Å². The van der Waals surface area contributed by atoms with E-state index in [1.165, 1.54) is 6.33 Å². The molecule has 0 saturated carbocycles. The third-order valence-corrected chi connectivity index (χ3v) is 4.77. The van der Waals surface area contributed by atoms with Crippen molar-refractivity contribution in [3.63, 3.8) is 0 Å². The second kappa shape index (κ2) is 8.79. The van der Waals surface area contributed by atoms with Crippen LogP contribution < -0.4 is 10.6 Å². The van der Waals surface area contributed by atoms with E-state index in [-0.39, 0.29) is 11.8 Å². The highest BCUT2D eigenvalue weighted by Crippen LogP contribution is 2.15. The second-order valence-electron chi connectivity index (χ2n) is 6.32. The van der Waals surface area contributed by atoms with E-state index in [1.54, 1.807) is 28.8 Å². The molecule has 2 aromatic heterocycles. The Hall–Kier alpha value is -3.00. The highest BCUT2D eigenvalue weighted by atomic mass is 35.5. The summed E-state index contributed by atoms with van der Waals surface area (Å²) in [6.07, 6.45) is 2.34. The van der Waals surface area contributed by atoms with E-state index in [2.05, 4.69) is 25.7 Å². The molecule has 0 spiro atoms. The number of benzene rings is 1. The fourth-order valence-electron chi connectivity index (χ4n) is 2.96. The zero-order chi connectivity index (χ0) is 20.1. The maximum atomic E-state index is 12.1. The maximum absolute atomic E-state index is 12.1. The molecule has 28 heavy (non-hydrogen) atoms. The Kier molecular flexibility index (Phi) is 6.20. The number of fused-ring (bicyclic) bond motifs is 1. The Morgan fingerprint density at radius 2 is 1.89 bits per heavy atom. The summed E-state index contributed by atoms with van der Waals surface area (Å²) in [6.45, 7) is 4.50. The van der Waals surface area contributed by atoms with Gasteiger partial charge in [-0.05, 0) is 38.0 Å². The summed E-state index contributed by atoms with van der Waals surface area (Å²) >= 11 is 5.99. The first-order chi connectivity index (χ1) is 13.5. The molecule has 0 saturated heterocycles. The van der Waals surface area contributed by atoms with Crippen LogP contribution in [0, 0.1) is 13.8 Å². The number of nitrogens with one attached hydrogen (secondary N) is 2. The Morgan fingerprint density at radius 3 is 2.68 bits per heavy atom. The molecule has 1 aromatic carbocycles. The number of carbonyl (C=O) groups excluding carboxylic acids is 2. The predicted octanol–water partition coefficient (Wildman–Crippen LogP) is 1.87. The average Bonchev–Trinajstić information content (AvgIpc) is 3.13. The molecule has 2 N–H and O–H groups in total. The summed E-state index contributed by atoms with van der Waals surface area (Å²) in [7, 11) is 0. The van der Waals surface area contributed by atoms with E-state index >= 15 is 0 Å². The smallest absolute Gasteiger partial charge is 0.252 e. The van der Waals surface area contributed by atoms with Gasteiger partial charge < -0.3 is 10.6 Å². The summed E-state index contributed by atoms with van der Waals surface area (Å²) in [5.74, 6) is 0.195. The molecule has 2 amide bonds. The van der Waals surface area contributed by atoms with E-state index in [4.69, 9.17) is 11.6 Å². The molecule has 0 aliphatic carbocycles. The number of nitrogens with zero attached hydrogens (tertiary/aromatic N) is 4. The predicted molar refractivity (Wildman–Crippen MR) is 105 cm³/mol. The first kappa shape index (κ1) is 19.8. The van der Waals surface area contributed by atoms with Crippen molar-refractivity contribution in [3.8, 4) is 0 Å². The second-order valence-corrected chi connectivity index (χ2v) is 6.73. The summed E-state index contributed by atoms with van der Waals surface area (Å²) in [6, 6.07) is 6.83. The molecule has 9 heteroatoms. The number of rotatable bonds is 7. The minimum atomic E-state index is -0.265. The first-order valence-electron chi connectivity index (χ1n) is 8.92. The van der Waals surface area contributed by atoms with Crippen molar-refractivity contribution >= 4 is 29.2 Å². The number of aromatic nitrogens is 4. The van der Waals surface area contributed by atoms with Crippen LogP contribution in [0.2, 0.25) is 5.02 Å². The number of hydrogen-bond donors (Lipinski definition) is 2. The van der Waals surface area contributed by atoms with Crippen LogP contribution in [-0.4, -0.2) is 44.5 Å². The van der Waals surface area contributed by atoms with Gasteiger partial charge in [0.1, 0.15) is 6.33 Å². The van der Waals surface area contributed by atoms with Crippen molar-refractivity contribution in [3.05, 3.63) is 58.1 Å². The fraction of sp³-hybridized carbons (Fsp3) is 0.316. The van der Waals surface area contributed by atoms with Crippen LogP contribution in [0.5, 0.6) is 0 Å². The van der Waals surface area contributed by atoms with Gasteiger partial charge in [0.15, 0.2) is 0 Å². The average molecular weight is 401 g/mol. The van der Waals surface area contributed by atoms with E-state index in [1.807, 2.05) is 13.8 Å². The topological polar surface area (TPSA) is 101 Å². The van der Waals surface area contributed by atoms with Gasteiger partial charge in [-0.25, -0.2) is 9.50 Å². The minimum absolute atomic E-state index is 0.0931. The quantitative estimate of drug-likeness (QED) is 0.589. The van der Waals surface area contributed by atoms with Crippen LogP contribution in [0.15, 0.2) is 30.6 Å². The molecule has 8 nitrogen and oxygen atoms in total. The van der Waals surface area contributed by atoms with Gasteiger partial charge in [0.25, 0.3) is 11.7 Å². The van der Waals surface area contributed by atoms with Crippen molar-refractivity contribution in [1.82, 2.24) is 30.2 Å². The van der Waals surface area contributed by atoms with Gasteiger partial charge in [0.05, 0.1) is 10.6 Å². The Labute approximate surface area is 167 Å². The van der Waals surface area contributed by atoms with Crippen molar-refractivity contribution in [2.45, 2.75) is 26.7 Å². The van der Waals surface area contributed by atoms with Gasteiger partial charge in [-0.1, -0.05) is 23.7 Å². The van der Waals surface area contributed by atoms with E-state index in [9.17, 15) is 9.59 Å². The molecule has 0 radical (unpaired) electrons. The first-order valence-corrected chi connectivity index (χ1v) is 9.30. The lowest BCUT2D eigenvalue weighted by molar-refractivity contribution is -0.121. The molecule has 0 atom stereocenters. The minimum Gasteiger partial charge on any atom is -0.354 e. The van der Waals surface area contributed by atoms with Gasteiger partial charge in [0, 0.05) is 30.9 Å². The Balaban J connectivity index is 1.45. The zero-order valence-electron chi connectivity index (χ0n) is 15.7. The van der Waals surface area contributed by atoms with E-state index < -0.39 is 0 Å². The molecule has 0 bridgehead atoms. The molecule has 3 aromatic rings. The number of amides is 2. The molecular formula is C19H21ClN6O2. The van der Waals surface area contributed by atoms with Crippen molar-refractivity contribution < 1.29 is 9.59 Å². The molecule has 2 heterocycles.